The standard InChI is InChI=1S/C19H16N2O3/c22-19(21-23)18-16(13-4-2-1-3-5-13)17(18)14-8-6-12(7-9-14)15-10-20-11-24-15/h1-11,16-18,23H,(H,21,22). The van der Waals surface area contributed by atoms with E-state index in [4.69, 9.17) is 9.62 Å². The van der Waals surface area contributed by atoms with Gasteiger partial charge in [0.15, 0.2) is 12.2 Å². The molecule has 4 rings (SSSR count). The summed E-state index contributed by atoms with van der Waals surface area (Å²) in [6.07, 6.45) is 3.07. The van der Waals surface area contributed by atoms with Crippen LogP contribution in [0.15, 0.2) is 71.6 Å². The maximum atomic E-state index is 12.0. The number of carbonyl (C=O) groups is 1. The van der Waals surface area contributed by atoms with Crippen molar-refractivity contribution in [1.29, 1.82) is 0 Å². The Morgan fingerprint density at radius 2 is 1.67 bits per heavy atom. The minimum Gasteiger partial charge on any atom is -0.444 e. The van der Waals surface area contributed by atoms with Crippen LogP contribution < -0.4 is 5.48 Å². The van der Waals surface area contributed by atoms with Gasteiger partial charge in [-0.25, -0.2) is 10.5 Å². The van der Waals surface area contributed by atoms with Crippen LogP contribution in [0.25, 0.3) is 11.3 Å². The van der Waals surface area contributed by atoms with Gasteiger partial charge in [-0.2, -0.15) is 0 Å². The first kappa shape index (κ1) is 14.7. The Morgan fingerprint density at radius 3 is 2.25 bits per heavy atom. The van der Waals surface area contributed by atoms with Gasteiger partial charge in [0.1, 0.15) is 0 Å². The van der Waals surface area contributed by atoms with Crippen LogP contribution in [0.4, 0.5) is 0 Å². The van der Waals surface area contributed by atoms with Crippen LogP contribution in [0.2, 0.25) is 0 Å². The number of hydrogen-bond donors (Lipinski definition) is 2. The van der Waals surface area contributed by atoms with E-state index in [1.807, 2.05) is 54.6 Å². The summed E-state index contributed by atoms with van der Waals surface area (Å²) in [6.45, 7) is 0. The topological polar surface area (TPSA) is 75.4 Å². The second kappa shape index (κ2) is 5.94. The van der Waals surface area contributed by atoms with Crippen molar-refractivity contribution in [1.82, 2.24) is 10.5 Å². The van der Waals surface area contributed by atoms with Gasteiger partial charge >= 0.3 is 0 Å². The number of aromatic nitrogens is 1. The Balaban J connectivity index is 1.63. The third-order valence-corrected chi connectivity index (χ3v) is 4.63. The van der Waals surface area contributed by atoms with E-state index in [0.717, 1.165) is 16.7 Å². The first-order valence-electron chi connectivity index (χ1n) is 7.77. The number of rotatable bonds is 4. The molecule has 5 heteroatoms. The van der Waals surface area contributed by atoms with Gasteiger partial charge in [-0.3, -0.25) is 10.0 Å². The number of benzene rings is 2. The maximum absolute atomic E-state index is 12.0. The number of nitrogens with zero attached hydrogens (tertiary/aromatic N) is 1. The number of carbonyl (C=O) groups excluding carboxylic acids is 1. The summed E-state index contributed by atoms with van der Waals surface area (Å²) in [7, 11) is 0. The first-order valence-corrected chi connectivity index (χ1v) is 7.77. The molecule has 2 aromatic carbocycles. The molecule has 1 saturated carbocycles. The van der Waals surface area contributed by atoms with Crippen molar-refractivity contribution in [2.45, 2.75) is 11.8 Å². The highest BCUT2D eigenvalue weighted by molar-refractivity contribution is 5.84. The van der Waals surface area contributed by atoms with Crippen molar-refractivity contribution in [2.75, 3.05) is 0 Å². The number of oxazole rings is 1. The Bertz CT molecular complexity index is 829. The van der Waals surface area contributed by atoms with Crippen molar-refractivity contribution < 1.29 is 14.4 Å². The van der Waals surface area contributed by atoms with E-state index in [-0.39, 0.29) is 23.7 Å². The van der Waals surface area contributed by atoms with Gasteiger partial charge in [0.25, 0.3) is 0 Å². The van der Waals surface area contributed by atoms with Gasteiger partial charge in [0.2, 0.25) is 5.91 Å². The quantitative estimate of drug-likeness (QED) is 0.571. The van der Waals surface area contributed by atoms with E-state index >= 15 is 0 Å². The summed E-state index contributed by atoms with van der Waals surface area (Å²) < 4.78 is 5.29. The molecule has 1 amide bonds. The lowest BCUT2D eigenvalue weighted by Crippen LogP contribution is -2.21. The second-order valence-electron chi connectivity index (χ2n) is 5.95. The average Bonchev–Trinajstić information content (AvgIpc) is 3.15. The Morgan fingerprint density at radius 1 is 1.00 bits per heavy atom. The molecule has 0 bridgehead atoms. The van der Waals surface area contributed by atoms with Crippen molar-refractivity contribution in [3.8, 4) is 11.3 Å². The molecular formula is C19H16N2O3. The molecule has 3 unspecified atom stereocenters. The molecule has 1 aromatic heterocycles. The molecule has 1 aliphatic carbocycles. The summed E-state index contributed by atoms with van der Waals surface area (Å²) >= 11 is 0. The Kier molecular flexibility index (Phi) is 3.63. The molecule has 1 fully saturated rings. The van der Waals surface area contributed by atoms with Crippen LogP contribution in [0, 0.1) is 5.92 Å². The fraction of sp³-hybridized carbons (Fsp3) is 0.158. The van der Waals surface area contributed by atoms with Crippen molar-refractivity contribution >= 4 is 5.91 Å². The Hall–Kier alpha value is -2.92. The fourth-order valence-electron chi connectivity index (χ4n) is 3.44. The molecule has 0 spiro atoms. The zero-order valence-corrected chi connectivity index (χ0v) is 12.8. The van der Waals surface area contributed by atoms with Crippen LogP contribution in [0.1, 0.15) is 23.0 Å². The highest BCUT2D eigenvalue weighted by atomic mass is 16.5. The van der Waals surface area contributed by atoms with Gasteiger partial charge in [-0.05, 0) is 11.1 Å². The summed E-state index contributed by atoms with van der Waals surface area (Å²) in [5, 5.41) is 9.02. The van der Waals surface area contributed by atoms with Crippen molar-refractivity contribution in [3.05, 3.63) is 78.3 Å². The smallest absolute Gasteiger partial charge is 0.247 e. The highest BCUT2D eigenvalue weighted by Crippen LogP contribution is 2.60. The van der Waals surface area contributed by atoms with Crippen LogP contribution in [0.3, 0.4) is 0 Å². The number of hydroxylamine groups is 1. The van der Waals surface area contributed by atoms with E-state index in [1.165, 1.54) is 6.39 Å². The minimum atomic E-state index is -0.340. The molecule has 1 aliphatic rings. The zero-order valence-electron chi connectivity index (χ0n) is 12.8. The number of nitrogens with one attached hydrogen (secondary N) is 1. The maximum Gasteiger partial charge on any atom is 0.247 e. The largest absolute Gasteiger partial charge is 0.444 e. The number of hydrogen-bond acceptors (Lipinski definition) is 4. The molecule has 1 heterocycles. The first-order chi connectivity index (χ1) is 11.8. The summed E-state index contributed by atoms with van der Waals surface area (Å²) in [5.41, 5.74) is 4.92. The van der Waals surface area contributed by atoms with Crippen LogP contribution in [-0.2, 0) is 4.79 Å². The second-order valence-corrected chi connectivity index (χ2v) is 5.95. The molecule has 3 atom stereocenters. The zero-order chi connectivity index (χ0) is 16.5. The molecule has 0 aliphatic heterocycles. The van der Waals surface area contributed by atoms with E-state index in [1.54, 1.807) is 11.7 Å². The van der Waals surface area contributed by atoms with Gasteiger partial charge < -0.3 is 4.42 Å². The fourth-order valence-corrected chi connectivity index (χ4v) is 3.44. The lowest BCUT2D eigenvalue weighted by Gasteiger charge is -2.02. The van der Waals surface area contributed by atoms with Crippen LogP contribution >= 0.6 is 0 Å². The monoisotopic (exact) mass is 320 g/mol. The lowest BCUT2D eigenvalue weighted by molar-refractivity contribution is -0.130. The molecule has 2 N–H and O–H groups in total. The molecule has 5 nitrogen and oxygen atoms in total. The van der Waals surface area contributed by atoms with Gasteiger partial charge in [0, 0.05) is 17.4 Å². The van der Waals surface area contributed by atoms with E-state index in [9.17, 15) is 4.79 Å². The van der Waals surface area contributed by atoms with Crippen LogP contribution in [-0.4, -0.2) is 16.1 Å². The van der Waals surface area contributed by atoms with Gasteiger partial charge in [-0.1, -0.05) is 54.6 Å². The van der Waals surface area contributed by atoms with Crippen molar-refractivity contribution in [2.24, 2.45) is 5.92 Å². The molecule has 0 radical (unpaired) electrons. The van der Waals surface area contributed by atoms with E-state index in [0.29, 0.717) is 5.76 Å². The molecular weight excluding hydrogens is 304 g/mol. The van der Waals surface area contributed by atoms with Crippen LogP contribution in [0.5, 0.6) is 0 Å². The summed E-state index contributed by atoms with van der Waals surface area (Å²) in [6, 6.07) is 17.8. The molecule has 0 saturated heterocycles. The van der Waals surface area contributed by atoms with E-state index < -0.39 is 0 Å². The predicted octanol–water partition coefficient (Wildman–Crippen LogP) is 3.34. The third kappa shape index (κ3) is 2.49. The highest BCUT2D eigenvalue weighted by Gasteiger charge is 2.56. The minimum absolute atomic E-state index is 0.0586. The molecule has 120 valence electrons. The molecule has 3 aromatic rings. The predicted molar refractivity (Wildman–Crippen MR) is 87.3 cm³/mol. The summed E-state index contributed by atoms with van der Waals surface area (Å²) in [4.78, 5) is 15.9. The van der Waals surface area contributed by atoms with Gasteiger partial charge in [0.05, 0.1) is 12.1 Å². The summed E-state index contributed by atoms with van der Waals surface area (Å²) in [5.74, 6) is 0.251. The van der Waals surface area contributed by atoms with E-state index in [2.05, 4.69) is 4.98 Å². The third-order valence-electron chi connectivity index (χ3n) is 4.63. The van der Waals surface area contributed by atoms with Crippen molar-refractivity contribution in [3.63, 3.8) is 0 Å². The number of amides is 1. The molecule has 24 heavy (non-hydrogen) atoms. The Labute approximate surface area is 138 Å². The normalized spacial score (nSPS) is 22.1. The van der Waals surface area contributed by atoms with Gasteiger partial charge in [-0.15, -0.1) is 0 Å². The lowest BCUT2D eigenvalue weighted by atomic mass is 10.0. The SMILES string of the molecule is O=C(NO)C1C(c2ccccc2)C1c1ccc(-c2cnco2)cc1. The average molecular weight is 320 g/mol.